The summed E-state index contributed by atoms with van der Waals surface area (Å²) in [4.78, 5) is 1.10. The van der Waals surface area contributed by atoms with Gasteiger partial charge in [0.25, 0.3) is 0 Å². The number of fused-ring (bicyclic) bond motifs is 1. The van der Waals surface area contributed by atoms with Crippen molar-refractivity contribution in [1.82, 2.24) is 0 Å². The molecule has 0 bridgehead atoms. The van der Waals surface area contributed by atoms with Crippen molar-refractivity contribution >= 4 is 17.4 Å². The summed E-state index contributed by atoms with van der Waals surface area (Å²) in [7, 11) is 0. The van der Waals surface area contributed by atoms with Gasteiger partial charge in [0.2, 0.25) is 0 Å². The normalized spacial score (nSPS) is 13.3. The minimum Gasteiger partial charge on any atom is -0.486 e. The van der Waals surface area contributed by atoms with Crippen LogP contribution in [0.4, 0.5) is 14.5 Å². The third kappa shape index (κ3) is 2.51. The van der Waals surface area contributed by atoms with Gasteiger partial charge in [0.05, 0.1) is 5.69 Å². The molecule has 1 heterocycles. The van der Waals surface area contributed by atoms with Gasteiger partial charge in [0.15, 0.2) is 11.5 Å². The third-order valence-electron chi connectivity index (χ3n) is 2.80. The molecule has 0 saturated carbocycles. The van der Waals surface area contributed by atoms with Gasteiger partial charge in [-0.3, -0.25) is 0 Å². The number of ether oxygens (including phenoxy) is 2. The predicted molar refractivity (Wildman–Crippen MR) is 72.3 cm³/mol. The molecule has 2 aromatic carbocycles. The maximum Gasteiger partial charge on any atom is 0.162 e. The van der Waals surface area contributed by atoms with Crippen molar-refractivity contribution in [3.05, 3.63) is 42.0 Å². The smallest absolute Gasteiger partial charge is 0.162 e. The van der Waals surface area contributed by atoms with E-state index >= 15 is 0 Å². The highest BCUT2D eigenvalue weighted by Crippen LogP contribution is 2.39. The second kappa shape index (κ2) is 5.20. The zero-order valence-corrected chi connectivity index (χ0v) is 11.2. The van der Waals surface area contributed by atoms with Crippen molar-refractivity contribution in [3.63, 3.8) is 0 Å². The van der Waals surface area contributed by atoms with Crippen molar-refractivity contribution in [2.75, 3.05) is 18.9 Å². The van der Waals surface area contributed by atoms with Crippen LogP contribution in [0.1, 0.15) is 0 Å². The molecule has 0 atom stereocenters. The molecule has 1 aliphatic heterocycles. The molecule has 3 nitrogen and oxygen atoms in total. The number of rotatable bonds is 2. The van der Waals surface area contributed by atoms with Crippen molar-refractivity contribution < 1.29 is 18.3 Å². The summed E-state index contributed by atoms with van der Waals surface area (Å²) in [5.74, 6) is -0.127. The lowest BCUT2D eigenvalue weighted by molar-refractivity contribution is 0.171. The van der Waals surface area contributed by atoms with Crippen LogP contribution in [0.2, 0.25) is 0 Å². The molecule has 2 N–H and O–H groups in total. The molecular formula is C14H11F2NO2S. The molecule has 2 aromatic rings. The van der Waals surface area contributed by atoms with Gasteiger partial charge in [-0.25, -0.2) is 8.78 Å². The SMILES string of the molecule is Nc1c(F)cc(F)cc1Sc1ccc2c(c1)OCCO2. The van der Waals surface area contributed by atoms with E-state index in [1.165, 1.54) is 17.8 Å². The quantitative estimate of drug-likeness (QED) is 0.862. The lowest BCUT2D eigenvalue weighted by atomic mass is 10.3. The lowest BCUT2D eigenvalue weighted by Gasteiger charge is -2.18. The van der Waals surface area contributed by atoms with Crippen LogP contribution in [0.5, 0.6) is 11.5 Å². The van der Waals surface area contributed by atoms with Crippen molar-refractivity contribution in [1.29, 1.82) is 0 Å². The van der Waals surface area contributed by atoms with E-state index in [1.807, 2.05) is 0 Å². The van der Waals surface area contributed by atoms with Gasteiger partial charge >= 0.3 is 0 Å². The van der Waals surface area contributed by atoms with Crippen LogP contribution >= 0.6 is 11.8 Å². The van der Waals surface area contributed by atoms with E-state index in [9.17, 15) is 8.78 Å². The van der Waals surface area contributed by atoms with E-state index in [0.29, 0.717) is 29.6 Å². The predicted octanol–water partition coefficient (Wildman–Crippen LogP) is 3.47. The first-order valence-electron chi connectivity index (χ1n) is 5.95. The average molecular weight is 295 g/mol. The average Bonchev–Trinajstić information content (AvgIpc) is 2.44. The number of hydrogen-bond donors (Lipinski definition) is 1. The van der Waals surface area contributed by atoms with Gasteiger partial charge in [-0.1, -0.05) is 11.8 Å². The van der Waals surface area contributed by atoms with Crippen molar-refractivity contribution in [3.8, 4) is 11.5 Å². The molecule has 3 rings (SSSR count). The fourth-order valence-corrected chi connectivity index (χ4v) is 2.79. The van der Waals surface area contributed by atoms with Crippen LogP contribution in [-0.4, -0.2) is 13.2 Å². The van der Waals surface area contributed by atoms with Crippen molar-refractivity contribution in [2.45, 2.75) is 9.79 Å². The van der Waals surface area contributed by atoms with Crippen LogP contribution in [0, 0.1) is 11.6 Å². The first kappa shape index (κ1) is 13.1. The number of halogens is 2. The summed E-state index contributed by atoms with van der Waals surface area (Å²) in [5, 5.41) is 0. The van der Waals surface area contributed by atoms with E-state index in [1.54, 1.807) is 18.2 Å². The number of benzene rings is 2. The molecule has 0 saturated heterocycles. The van der Waals surface area contributed by atoms with Gasteiger partial charge in [0, 0.05) is 15.9 Å². The number of hydrogen-bond acceptors (Lipinski definition) is 4. The number of anilines is 1. The summed E-state index contributed by atoms with van der Waals surface area (Å²) < 4.78 is 37.5. The molecule has 20 heavy (non-hydrogen) atoms. The first-order chi connectivity index (χ1) is 9.63. The van der Waals surface area contributed by atoms with Gasteiger partial charge in [0.1, 0.15) is 24.8 Å². The van der Waals surface area contributed by atoms with Crippen LogP contribution < -0.4 is 15.2 Å². The molecule has 0 aromatic heterocycles. The Morgan fingerprint density at radius 3 is 2.55 bits per heavy atom. The summed E-state index contributed by atoms with van der Waals surface area (Å²) >= 11 is 1.17. The molecule has 0 amide bonds. The number of nitrogens with two attached hydrogens (primary N) is 1. The highest BCUT2D eigenvalue weighted by molar-refractivity contribution is 7.99. The van der Waals surface area contributed by atoms with Crippen LogP contribution in [0.25, 0.3) is 0 Å². The van der Waals surface area contributed by atoms with E-state index in [0.717, 1.165) is 11.0 Å². The van der Waals surface area contributed by atoms with Gasteiger partial charge in [-0.2, -0.15) is 0 Å². The second-order valence-corrected chi connectivity index (χ2v) is 5.32. The molecule has 0 aliphatic carbocycles. The van der Waals surface area contributed by atoms with E-state index in [4.69, 9.17) is 15.2 Å². The molecule has 0 fully saturated rings. The summed E-state index contributed by atoms with van der Waals surface area (Å²) in [5.41, 5.74) is 5.56. The fourth-order valence-electron chi connectivity index (χ4n) is 1.86. The summed E-state index contributed by atoms with van der Waals surface area (Å²) in [6, 6.07) is 7.30. The van der Waals surface area contributed by atoms with E-state index in [2.05, 4.69) is 0 Å². The Bertz CT molecular complexity index is 664. The molecule has 0 radical (unpaired) electrons. The highest BCUT2D eigenvalue weighted by Gasteiger charge is 2.14. The Hall–Kier alpha value is -1.95. The van der Waals surface area contributed by atoms with Crippen LogP contribution in [0.3, 0.4) is 0 Å². The Kier molecular flexibility index (Phi) is 3.40. The maximum absolute atomic E-state index is 13.4. The van der Waals surface area contributed by atoms with E-state index in [-0.39, 0.29) is 5.69 Å². The van der Waals surface area contributed by atoms with Gasteiger partial charge < -0.3 is 15.2 Å². The van der Waals surface area contributed by atoms with Gasteiger partial charge in [-0.15, -0.1) is 0 Å². The summed E-state index contributed by atoms with van der Waals surface area (Å²) in [6.45, 7) is 0.999. The Morgan fingerprint density at radius 1 is 1.00 bits per heavy atom. The van der Waals surface area contributed by atoms with E-state index < -0.39 is 11.6 Å². The topological polar surface area (TPSA) is 44.5 Å². The molecular weight excluding hydrogens is 284 g/mol. The monoisotopic (exact) mass is 295 g/mol. The largest absolute Gasteiger partial charge is 0.486 e. The van der Waals surface area contributed by atoms with Crippen molar-refractivity contribution in [2.24, 2.45) is 0 Å². The minimum absolute atomic E-state index is 0.0636. The Morgan fingerprint density at radius 2 is 1.75 bits per heavy atom. The summed E-state index contributed by atoms with van der Waals surface area (Å²) in [6.07, 6.45) is 0. The number of nitrogen functional groups attached to an aromatic ring is 1. The molecule has 0 spiro atoms. The standard InChI is InChI=1S/C14H11F2NO2S/c15-8-5-10(16)14(17)13(6-8)20-9-1-2-11-12(7-9)19-4-3-18-11/h1-2,5-7H,3-4,17H2. The Labute approximate surface area is 118 Å². The van der Waals surface area contributed by atoms with Crippen LogP contribution in [0.15, 0.2) is 40.1 Å². The first-order valence-corrected chi connectivity index (χ1v) is 6.77. The molecule has 104 valence electrons. The zero-order chi connectivity index (χ0) is 14.1. The zero-order valence-electron chi connectivity index (χ0n) is 10.4. The maximum atomic E-state index is 13.4. The minimum atomic E-state index is -0.759. The Balaban J connectivity index is 1.91. The van der Waals surface area contributed by atoms with Crippen LogP contribution in [-0.2, 0) is 0 Å². The lowest BCUT2D eigenvalue weighted by Crippen LogP contribution is -2.15. The molecule has 6 heteroatoms. The second-order valence-electron chi connectivity index (χ2n) is 4.21. The molecule has 0 unspecified atom stereocenters. The third-order valence-corrected chi connectivity index (χ3v) is 3.85. The fraction of sp³-hybridized carbons (Fsp3) is 0.143. The highest BCUT2D eigenvalue weighted by atomic mass is 32.2. The molecule has 1 aliphatic rings. The van der Waals surface area contributed by atoms with Gasteiger partial charge in [-0.05, 0) is 24.3 Å².